The Labute approximate surface area is 144 Å². The number of aromatic nitrogens is 2. The molecule has 2 fully saturated rings. The fraction of sp³-hybridized carbons (Fsp3) is 0.765. The van der Waals surface area contributed by atoms with Gasteiger partial charge in [0.05, 0.1) is 12.4 Å². The molecular weight excluding hydrogens is 335 g/mol. The van der Waals surface area contributed by atoms with Crippen molar-refractivity contribution in [1.82, 2.24) is 14.5 Å². The summed E-state index contributed by atoms with van der Waals surface area (Å²) in [6.07, 6.45) is 2.00. The molecule has 8 heteroatoms. The molecular formula is C17H24F3N3O2. The number of likely N-dealkylation sites (tertiary alicyclic amines) is 1. The Morgan fingerprint density at radius 1 is 1.16 bits per heavy atom. The highest BCUT2D eigenvalue weighted by molar-refractivity contribution is 5.03. The molecule has 2 aliphatic rings. The van der Waals surface area contributed by atoms with Gasteiger partial charge in [-0.25, -0.2) is 4.98 Å². The van der Waals surface area contributed by atoms with Gasteiger partial charge in [0.2, 0.25) is 0 Å². The summed E-state index contributed by atoms with van der Waals surface area (Å²) in [5.74, 6) is 0.244. The number of aliphatic hydroxyl groups excluding tert-OH is 1. The molecule has 1 aromatic rings. The molecule has 1 saturated carbocycles. The molecule has 0 bridgehead atoms. The first-order valence-electron chi connectivity index (χ1n) is 8.90. The summed E-state index contributed by atoms with van der Waals surface area (Å²) in [5, 5.41) is 10.2. The van der Waals surface area contributed by atoms with Gasteiger partial charge in [0.25, 0.3) is 5.56 Å². The largest absolute Gasteiger partial charge is 0.433 e. The lowest BCUT2D eigenvalue weighted by atomic mass is 9.88. The van der Waals surface area contributed by atoms with Gasteiger partial charge < -0.3 is 5.11 Å². The molecule has 1 N–H and O–H groups in total. The van der Waals surface area contributed by atoms with E-state index in [-0.39, 0.29) is 18.1 Å². The van der Waals surface area contributed by atoms with E-state index in [0.717, 1.165) is 57.9 Å². The van der Waals surface area contributed by atoms with Crippen LogP contribution in [0.1, 0.15) is 44.2 Å². The number of hydrogen-bond acceptors (Lipinski definition) is 4. The summed E-state index contributed by atoms with van der Waals surface area (Å²) in [4.78, 5) is 17.6. The van der Waals surface area contributed by atoms with Crippen molar-refractivity contribution in [3.63, 3.8) is 0 Å². The minimum absolute atomic E-state index is 0.227. The van der Waals surface area contributed by atoms with E-state index in [1.807, 2.05) is 0 Å². The summed E-state index contributed by atoms with van der Waals surface area (Å²) >= 11 is 0. The normalized spacial score (nSPS) is 26.7. The van der Waals surface area contributed by atoms with E-state index in [1.165, 1.54) is 4.57 Å². The second-order valence-electron chi connectivity index (χ2n) is 7.16. The smallest absolute Gasteiger partial charge is 0.391 e. The molecule has 0 aromatic carbocycles. The van der Waals surface area contributed by atoms with Crippen molar-refractivity contribution in [3.05, 3.63) is 28.4 Å². The van der Waals surface area contributed by atoms with Gasteiger partial charge >= 0.3 is 6.18 Å². The third kappa shape index (κ3) is 4.41. The van der Waals surface area contributed by atoms with Crippen LogP contribution < -0.4 is 5.56 Å². The van der Waals surface area contributed by atoms with Crippen molar-refractivity contribution in [2.24, 2.45) is 5.92 Å². The van der Waals surface area contributed by atoms with E-state index in [9.17, 15) is 23.1 Å². The van der Waals surface area contributed by atoms with Crippen LogP contribution in [0, 0.1) is 5.92 Å². The van der Waals surface area contributed by atoms with Crippen molar-refractivity contribution in [2.75, 3.05) is 13.1 Å². The van der Waals surface area contributed by atoms with Gasteiger partial charge in [0.1, 0.15) is 0 Å². The lowest BCUT2D eigenvalue weighted by molar-refractivity contribution is -0.141. The van der Waals surface area contributed by atoms with Crippen LogP contribution in [-0.4, -0.2) is 44.8 Å². The number of hydrogen-bond donors (Lipinski definition) is 1. The summed E-state index contributed by atoms with van der Waals surface area (Å²) in [6, 6.07) is 0.790. The molecule has 0 amide bonds. The number of piperidine rings is 1. The van der Waals surface area contributed by atoms with Crippen molar-refractivity contribution in [1.29, 1.82) is 0 Å². The minimum atomic E-state index is -4.59. The Balaban J connectivity index is 1.56. The van der Waals surface area contributed by atoms with Crippen molar-refractivity contribution < 1.29 is 18.3 Å². The average molecular weight is 359 g/mol. The highest BCUT2D eigenvalue weighted by Gasteiger charge is 2.34. The topological polar surface area (TPSA) is 58.4 Å². The van der Waals surface area contributed by atoms with Gasteiger partial charge in [-0.3, -0.25) is 14.3 Å². The second kappa shape index (κ2) is 7.45. The highest BCUT2D eigenvalue weighted by atomic mass is 19.4. The summed E-state index contributed by atoms with van der Waals surface area (Å²) < 4.78 is 39.0. The Bertz CT molecular complexity index is 639. The first-order chi connectivity index (χ1) is 11.8. The lowest BCUT2D eigenvalue weighted by Crippen LogP contribution is -2.49. The maximum absolute atomic E-state index is 12.6. The quantitative estimate of drug-likeness (QED) is 0.900. The molecule has 2 unspecified atom stereocenters. The summed E-state index contributed by atoms with van der Waals surface area (Å²) in [6.45, 7) is 2.11. The summed E-state index contributed by atoms with van der Waals surface area (Å²) in [5.41, 5.74) is -1.80. The van der Waals surface area contributed by atoms with Gasteiger partial charge in [0, 0.05) is 18.7 Å². The molecule has 0 spiro atoms. The zero-order valence-corrected chi connectivity index (χ0v) is 14.1. The minimum Gasteiger partial charge on any atom is -0.391 e. The van der Waals surface area contributed by atoms with E-state index >= 15 is 0 Å². The molecule has 1 aromatic heterocycles. The Kier molecular flexibility index (Phi) is 5.48. The zero-order chi connectivity index (χ0) is 18.0. The van der Waals surface area contributed by atoms with E-state index in [4.69, 9.17) is 0 Å². The molecule has 2 heterocycles. The van der Waals surface area contributed by atoms with Crippen molar-refractivity contribution in [3.8, 4) is 0 Å². The van der Waals surface area contributed by atoms with Gasteiger partial charge in [0.15, 0.2) is 5.69 Å². The fourth-order valence-corrected chi connectivity index (χ4v) is 3.98. The predicted octanol–water partition coefficient (Wildman–Crippen LogP) is 2.28. The molecule has 5 nitrogen and oxygen atoms in total. The lowest BCUT2D eigenvalue weighted by Gasteiger charge is -2.41. The van der Waals surface area contributed by atoms with Crippen LogP contribution in [0.25, 0.3) is 0 Å². The average Bonchev–Trinajstić information content (AvgIpc) is 2.57. The SMILES string of the molecule is O=c1cc(C(F)(F)F)ncn1CC1CCN(C2CCCCC2O)CC1. The maximum atomic E-state index is 12.6. The first kappa shape index (κ1) is 18.4. The zero-order valence-electron chi connectivity index (χ0n) is 14.1. The Hall–Kier alpha value is -1.41. The van der Waals surface area contributed by atoms with Gasteiger partial charge in [-0.15, -0.1) is 0 Å². The van der Waals surface area contributed by atoms with Gasteiger partial charge in [-0.05, 0) is 44.7 Å². The van der Waals surface area contributed by atoms with E-state index < -0.39 is 17.4 Å². The molecule has 1 aliphatic carbocycles. The fourth-order valence-electron chi connectivity index (χ4n) is 3.98. The Morgan fingerprint density at radius 2 is 1.84 bits per heavy atom. The molecule has 2 atom stereocenters. The molecule has 3 rings (SSSR count). The number of rotatable bonds is 3. The van der Waals surface area contributed by atoms with Crippen LogP contribution in [0.2, 0.25) is 0 Å². The van der Waals surface area contributed by atoms with Crippen molar-refractivity contribution in [2.45, 2.75) is 63.4 Å². The van der Waals surface area contributed by atoms with E-state index in [2.05, 4.69) is 9.88 Å². The molecule has 1 aliphatic heterocycles. The van der Waals surface area contributed by atoms with E-state index in [1.54, 1.807) is 0 Å². The van der Waals surface area contributed by atoms with Crippen LogP contribution in [0.4, 0.5) is 13.2 Å². The number of halogens is 3. The van der Waals surface area contributed by atoms with Crippen molar-refractivity contribution >= 4 is 0 Å². The first-order valence-corrected chi connectivity index (χ1v) is 8.90. The third-order valence-corrected chi connectivity index (χ3v) is 5.44. The van der Waals surface area contributed by atoms with Crippen LogP contribution >= 0.6 is 0 Å². The number of alkyl halides is 3. The van der Waals surface area contributed by atoms with Gasteiger partial charge in [-0.1, -0.05) is 12.8 Å². The highest BCUT2D eigenvalue weighted by Crippen LogP contribution is 2.28. The van der Waals surface area contributed by atoms with Crippen LogP contribution in [-0.2, 0) is 12.7 Å². The summed E-state index contributed by atoms with van der Waals surface area (Å²) in [7, 11) is 0. The molecule has 140 valence electrons. The van der Waals surface area contributed by atoms with Crippen LogP contribution in [0.5, 0.6) is 0 Å². The number of aliphatic hydroxyl groups is 1. The van der Waals surface area contributed by atoms with E-state index in [0.29, 0.717) is 12.6 Å². The molecule has 0 radical (unpaired) electrons. The number of nitrogens with zero attached hydrogens (tertiary/aromatic N) is 3. The molecule has 1 saturated heterocycles. The third-order valence-electron chi connectivity index (χ3n) is 5.44. The second-order valence-corrected chi connectivity index (χ2v) is 7.16. The maximum Gasteiger partial charge on any atom is 0.433 e. The van der Waals surface area contributed by atoms with Crippen LogP contribution in [0.15, 0.2) is 17.2 Å². The standard InChI is InChI=1S/C17H24F3N3O2/c18-17(19,20)15-9-16(25)23(11-21-15)10-12-5-7-22(8-6-12)13-3-1-2-4-14(13)24/h9,11-14,24H,1-8,10H2. The monoisotopic (exact) mass is 359 g/mol. The Morgan fingerprint density at radius 3 is 2.44 bits per heavy atom. The van der Waals surface area contributed by atoms with Crippen LogP contribution in [0.3, 0.4) is 0 Å². The van der Waals surface area contributed by atoms with Gasteiger partial charge in [-0.2, -0.15) is 13.2 Å². The predicted molar refractivity (Wildman–Crippen MR) is 86.1 cm³/mol. The molecule has 25 heavy (non-hydrogen) atoms.